The van der Waals surface area contributed by atoms with Crippen LogP contribution in [0.5, 0.6) is 11.5 Å². The van der Waals surface area contributed by atoms with Gasteiger partial charge < -0.3 is 15.2 Å². The molecule has 0 unspecified atom stereocenters. The van der Waals surface area contributed by atoms with Crippen molar-refractivity contribution in [2.75, 3.05) is 19.0 Å². The van der Waals surface area contributed by atoms with Gasteiger partial charge in [-0.05, 0) is 36.8 Å². The Labute approximate surface area is 143 Å². The maximum Gasteiger partial charge on any atom is 0.264 e. The van der Waals surface area contributed by atoms with Gasteiger partial charge in [0.2, 0.25) is 0 Å². The van der Waals surface area contributed by atoms with Gasteiger partial charge in [-0.1, -0.05) is 30.3 Å². The molecule has 0 aliphatic carbocycles. The lowest BCUT2D eigenvalue weighted by molar-refractivity contribution is 0.217. The normalized spacial score (nSPS) is 10.5. The molecule has 2 aromatic carbocycles. The van der Waals surface area contributed by atoms with Gasteiger partial charge in [-0.3, -0.25) is 4.55 Å². The van der Waals surface area contributed by atoms with Crippen LogP contribution in [0, 0.1) is 0 Å². The van der Waals surface area contributed by atoms with Crippen molar-refractivity contribution in [1.82, 2.24) is 0 Å². The maximum absolute atomic E-state index is 9.56. The Morgan fingerprint density at radius 1 is 0.958 bits per heavy atom. The van der Waals surface area contributed by atoms with Crippen molar-refractivity contribution in [2.24, 2.45) is 5.73 Å². The van der Waals surface area contributed by atoms with Gasteiger partial charge in [-0.15, -0.1) is 0 Å². The Balaban J connectivity index is 0.000000413. The number of rotatable bonds is 7. The van der Waals surface area contributed by atoms with E-state index in [1.807, 2.05) is 54.6 Å². The molecule has 2 rings (SSSR count). The van der Waals surface area contributed by atoms with Gasteiger partial charge in [0.1, 0.15) is 24.7 Å². The van der Waals surface area contributed by atoms with E-state index in [0.717, 1.165) is 17.1 Å². The van der Waals surface area contributed by atoms with Gasteiger partial charge in [0.15, 0.2) is 0 Å². The minimum Gasteiger partial charge on any atom is -0.490 e. The predicted molar refractivity (Wildman–Crippen MR) is 93.9 cm³/mol. The van der Waals surface area contributed by atoms with Crippen LogP contribution >= 0.6 is 0 Å². The fourth-order valence-electron chi connectivity index (χ4n) is 1.60. The zero-order valence-corrected chi connectivity index (χ0v) is 14.4. The molecule has 0 atom stereocenters. The SMILES string of the molecule is CCS(=O)(=O)O.NCc1cccc(OCCOc2ccccc2)c1. The van der Waals surface area contributed by atoms with Crippen LogP contribution in [-0.2, 0) is 16.7 Å². The number of hydrogen-bond donors (Lipinski definition) is 2. The van der Waals surface area contributed by atoms with E-state index < -0.39 is 10.1 Å². The number of hydrogen-bond acceptors (Lipinski definition) is 5. The largest absolute Gasteiger partial charge is 0.490 e. The smallest absolute Gasteiger partial charge is 0.264 e. The maximum atomic E-state index is 9.56. The van der Waals surface area contributed by atoms with E-state index in [1.165, 1.54) is 6.92 Å². The van der Waals surface area contributed by atoms with E-state index in [-0.39, 0.29) is 5.75 Å². The molecule has 0 saturated carbocycles. The summed E-state index contributed by atoms with van der Waals surface area (Å²) in [5, 5.41) is 0. The molecular formula is C17H23NO5S. The van der Waals surface area contributed by atoms with E-state index in [2.05, 4.69) is 0 Å². The topological polar surface area (TPSA) is 98.9 Å². The summed E-state index contributed by atoms with van der Waals surface area (Å²) in [5.41, 5.74) is 6.64. The monoisotopic (exact) mass is 353 g/mol. The predicted octanol–water partition coefficient (Wildman–Crippen LogP) is 2.50. The number of nitrogens with two attached hydrogens (primary N) is 1. The standard InChI is InChI=1S/C15H17NO2.C2H6O3S/c16-12-13-5-4-8-15(11-13)18-10-9-17-14-6-2-1-3-7-14;1-2-6(3,4)5/h1-8,11H,9-10,12,16H2;2H2,1H3,(H,3,4,5). The second-order valence-electron chi connectivity index (χ2n) is 4.73. The van der Waals surface area contributed by atoms with Crippen LogP contribution in [-0.4, -0.2) is 31.9 Å². The van der Waals surface area contributed by atoms with Gasteiger partial charge in [0, 0.05) is 6.54 Å². The van der Waals surface area contributed by atoms with Crippen LogP contribution < -0.4 is 15.2 Å². The minimum atomic E-state index is -3.66. The summed E-state index contributed by atoms with van der Waals surface area (Å²) in [7, 11) is -3.66. The molecule has 7 heteroatoms. The first-order valence-corrected chi connectivity index (χ1v) is 9.10. The average Bonchev–Trinajstić information content (AvgIpc) is 2.60. The third kappa shape index (κ3) is 9.14. The van der Waals surface area contributed by atoms with Crippen LogP contribution in [0.25, 0.3) is 0 Å². The zero-order valence-electron chi connectivity index (χ0n) is 13.6. The van der Waals surface area contributed by atoms with Crippen molar-refractivity contribution in [3.05, 3.63) is 60.2 Å². The number of para-hydroxylation sites is 1. The first kappa shape index (κ1) is 20.0. The molecule has 0 heterocycles. The van der Waals surface area contributed by atoms with E-state index >= 15 is 0 Å². The quantitative estimate of drug-likeness (QED) is 0.586. The molecule has 0 aromatic heterocycles. The summed E-state index contributed by atoms with van der Waals surface area (Å²) >= 11 is 0. The number of ether oxygens (including phenoxy) is 2. The lowest BCUT2D eigenvalue weighted by atomic mass is 10.2. The van der Waals surface area contributed by atoms with Crippen molar-refractivity contribution in [3.8, 4) is 11.5 Å². The van der Waals surface area contributed by atoms with Crippen LogP contribution in [0.2, 0.25) is 0 Å². The van der Waals surface area contributed by atoms with Gasteiger partial charge in [-0.2, -0.15) is 8.42 Å². The molecule has 3 N–H and O–H groups in total. The first-order valence-electron chi connectivity index (χ1n) is 7.49. The second-order valence-corrected chi connectivity index (χ2v) is 6.47. The van der Waals surface area contributed by atoms with Crippen LogP contribution in [0.1, 0.15) is 12.5 Å². The summed E-state index contributed by atoms with van der Waals surface area (Å²) in [6.07, 6.45) is 0. The fraction of sp³-hybridized carbons (Fsp3) is 0.294. The van der Waals surface area contributed by atoms with Crippen molar-refractivity contribution in [2.45, 2.75) is 13.5 Å². The van der Waals surface area contributed by atoms with Crippen molar-refractivity contribution >= 4 is 10.1 Å². The van der Waals surface area contributed by atoms with Gasteiger partial charge in [0.25, 0.3) is 10.1 Å². The summed E-state index contributed by atoms with van der Waals surface area (Å²) in [4.78, 5) is 0. The highest BCUT2D eigenvalue weighted by molar-refractivity contribution is 7.85. The Bertz CT molecular complexity index is 689. The van der Waals surface area contributed by atoms with E-state index in [1.54, 1.807) is 0 Å². The number of benzene rings is 2. The Kier molecular flexibility index (Phi) is 8.85. The summed E-state index contributed by atoms with van der Waals surface area (Å²) in [5.74, 6) is 1.49. The van der Waals surface area contributed by atoms with Gasteiger partial charge in [-0.25, -0.2) is 0 Å². The second kappa shape index (κ2) is 10.6. The Morgan fingerprint density at radius 2 is 1.50 bits per heavy atom. The Hall–Kier alpha value is -2.09. The molecular weight excluding hydrogens is 330 g/mol. The van der Waals surface area contributed by atoms with Crippen LogP contribution in [0.3, 0.4) is 0 Å². The molecule has 2 aromatic rings. The van der Waals surface area contributed by atoms with Gasteiger partial charge in [0.05, 0.1) is 5.75 Å². The first-order chi connectivity index (χ1) is 11.4. The van der Waals surface area contributed by atoms with Gasteiger partial charge >= 0.3 is 0 Å². The minimum absolute atomic E-state index is 0.201. The van der Waals surface area contributed by atoms with Crippen molar-refractivity contribution < 1.29 is 22.4 Å². The van der Waals surface area contributed by atoms with E-state index in [9.17, 15) is 8.42 Å². The molecule has 24 heavy (non-hydrogen) atoms. The highest BCUT2D eigenvalue weighted by Gasteiger charge is 1.96. The third-order valence-electron chi connectivity index (χ3n) is 2.86. The molecule has 0 saturated heterocycles. The van der Waals surface area contributed by atoms with E-state index in [0.29, 0.717) is 19.8 Å². The summed E-state index contributed by atoms with van der Waals surface area (Å²) in [6, 6.07) is 17.5. The van der Waals surface area contributed by atoms with Crippen molar-refractivity contribution in [1.29, 1.82) is 0 Å². The van der Waals surface area contributed by atoms with Crippen LogP contribution in [0.15, 0.2) is 54.6 Å². The third-order valence-corrected chi connectivity index (χ3v) is 3.59. The highest BCUT2D eigenvalue weighted by atomic mass is 32.2. The van der Waals surface area contributed by atoms with Crippen LogP contribution in [0.4, 0.5) is 0 Å². The molecule has 0 aliphatic heterocycles. The molecule has 0 spiro atoms. The molecule has 0 fully saturated rings. The summed E-state index contributed by atoms with van der Waals surface area (Å²) in [6.45, 7) is 2.94. The zero-order chi connectivity index (χ0) is 17.8. The summed E-state index contributed by atoms with van der Waals surface area (Å²) < 4.78 is 38.0. The molecule has 132 valence electrons. The lowest BCUT2D eigenvalue weighted by Crippen LogP contribution is -2.09. The highest BCUT2D eigenvalue weighted by Crippen LogP contribution is 2.13. The molecule has 0 radical (unpaired) electrons. The lowest BCUT2D eigenvalue weighted by Gasteiger charge is -2.09. The molecule has 6 nitrogen and oxygen atoms in total. The molecule has 0 amide bonds. The van der Waals surface area contributed by atoms with E-state index in [4.69, 9.17) is 19.8 Å². The average molecular weight is 353 g/mol. The molecule has 0 bridgehead atoms. The fourth-order valence-corrected chi connectivity index (χ4v) is 1.60. The van der Waals surface area contributed by atoms with Crippen molar-refractivity contribution in [3.63, 3.8) is 0 Å². The Morgan fingerprint density at radius 3 is 2.04 bits per heavy atom. The molecule has 0 aliphatic rings.